The quantitative estimate of drug-likeness (QED) is 0.655. The highest BCUT2D eigenvalue weighted by Gasteiger charge is 2.53. The smallest absolute Gasteiger partial charge is 0.0894 e. The van der Waals surface area contributed by atoms with Gasteiger partial charge in [-0.15, -0.1) is 0 Å². The molecule has 3 unspecified atom stereocenters. The van der Waals surface area contributed by atoms with E-state index in [1.807, 2.05) is 0 Å². The number of hydrogen-bond acceptors (Lipinski definition) is 2. The third kappa shape index (κ3) is 2.23. The Hall–Kier alpha value is -0.0800. The summed E-state index contributed by atoms with van der Waals surface area (Å²) in [5.41, 5.74) is 0.283. The fraction of sp³-hybridized carbons (Fsp3) is 1.00. The van der Waals surface area contributed by atoms with Crippen LogP contribution < -0.4 is 0 Å². The standard InChI is InChI=1S/C11H20O2/c1-11(2,3)7-13-10-8-5-4-6-12-9(8)10/h8-10H,4-7H2,1-3H3. The average Bonchev–Trinajstić information content (AvgIpc) is 2.73. The maximum atomic E-state index is 5.84. The fourth-order valence-corrected chi connectivity index (χ4v) is 1.96. The second-order valence-electron chi connectivity index (χ2n) is 5.48. The third-order valence-corrected chi connectivity index (χ3v) is 2.73. The highest BCUT2D eigenvalue weighted by atomic mass is 16.6. The van der Waals surface area contributed by atoms with Crippen LogP contribution >= 0.6 is 0 Å². The van der Waals surface area contributed by atoms with Gasteiger partial charge in [-0.3, -0.25) is 0 Å². The summed E-state index contributed by atoms with van der Waals surface area (Å²) in [5, 5.41) is 0. The van der Waals surface area contributed by atoms with Crippen molar-refractivity contribution in [2.75, 3.05) is 13.2 Å². The first-order valence-corrected chi connectivity index (χ1v) is 5.31. The Morgan fingerprint density at radius 2 is 2.15 bits per heavy atom. The van der Waals surface area contributed by atoms with Crippen molar-refractivity contribution in [3.8, 4) is 0 Å². The van der Waals surface area contributed by atoms with Crippen molar-refractivity contribution in [3.05, 3.63) is 0 Å². The van der Waals surface area contributed by atoms with Crippen LogP contribution in [0.4, 0.5) is 0 Å². The van der Waals surface area contributed by atoms with Crippen LogP contribution in [0.25, 0.3) is 0 Å². The van der Waals surface area contributed by atoms with Gasteiger partial charge in [0.25, 0.3) is 0 Å². The van der Waals surface area contributed by atoms with Crippen LogP contribution in [0.15, 0.2) is 0 Å². The zero-order valence-electron chi connectivity index (χ0n) is 8.88. The summed E-state index contributed by atoms with van der Waals surface area (Å²) in [5.74, 6) is 0.719. The Labute approximate surface area is 80.6 Å². The molecule has 0 aromatic rings. The molecule has 2 aliphatic rings. The van der Waals surface area contributed by atoms with Crippen LogP contribution in [0.5, 0.6) is 0 Å². The molecule has 0 radical (unpaired) electrons. The van der Waals surface area contributed by atoms with E-state index in [1.165, 1.54) is 12.8 Å². The van der Waals surface area contributed by atoms with Gasteiger partial charge in [-0.05, 0) is 18.3 Å². The Morgan fingerprint density at radius 1 is 1.38 bits per heavy atom. The molecule has 2 nitrogen and oxygen atoms in total. The second-order valence-corrected chi connectivity index (χ2v) is 5.48. The van der Waals surface area contributed by atoms with E-state index in [0.717, 1.165) is 19.1 Å². The minimum atomic E-state index is 0.283. The summed E-state index contributed by atoms with van der Waals surface area (Å²) in [6, 6.07) is 0. The first kappa shape index (κ1) is 9.47. The molecule has 0 aromatic carbocycles. The minimum absolute atomic E-state index is 0.283. The molecule has 76 valence electrons. The van der Waals surface area contributed by atoms with Crippen molar-refractivity contribution in [2.24, 2.45) is 11.3 Å². The first-order valence-electron chi connectivity index (χ1n) is 5.31. The van der Waals surface area contributed by atoms with Crippen molar-refractivity contribution in [3.63, 3.8) is 0 Å². The van der Waals surface area contributed by atoms with Crippen molar-refractivity contribution < 1.29 is 9.47 Å². The molecule has 1 heterocycles. The van der Waals surface area contributed by atoms with Gasteiger partial charge in [0.05, 0.1) is 18.8 Å². The molecular formula is C11H20O2. The topological polar surface area (TPSA) is 18.5 Å². The van der Waals surface area contributed by atoms with Crippen molar-refractivity contribution in [2.45, 2.75) is 45.8 Å². The Balaban J connectivity index is 1.73. The highest BCUT2D eigenvalue weighted by molar-refractivity contribution is 5.02. The van der Waals surface area contributed by atoms with Crippen LogP contribution in [0, 0.1) is 11.3 Å². The number of rotatable bonds is 2. The van der Waals surface area contributed by atoms with Gasteiger partial charge in [-0.2, -0.15) is 0 Å². The number of fused-ring (bicyclic) bond motifs is 1. The van der Waals surface area contributed by atoms with E-state index >= 15 is 0 Å². The molecule has 1 aliphatic carbocycles. The number of ether oxygens (including phenoxy) is 2. The fourth-order valence-electron chi connectivity index (χ4n) is 1.96. The largest absolute Gasteiger partial charge is 0.375 e. The summed E-state index contributed by atoms with van der Waals surface area (Å²) in [6.07, 6.45) is 3.38. The van der Waals surface area contributed by atoms with Gasteiger partial charge in [0, 0.05) is 12.5 Å². The molecule has 2 rings (SSSR count). The summed E-state index contributed by atoms with van der Waals surface area (Å²) in [6.45, 7) is 8.42. The van der Waals surface area contributed by atoms with Crippen LogP contribution in [0.3, 0.4) is 0 Å². The maximum absolute atomic E-state index is 5.84. The Bertz CT molecular complexity index is 171. The molecule has 2 heteroatoms. The maximum Gasteiger partial charge on any atom is 0.0894 e. The van der Waals surface area contributed by atoms with Crippen LogP contribution in [0.1, 0.15) is 33.6 Å². The lowest BCUT2D eigenvalue weighted by Gasteiger charge is -2.17. The molecule has 1 saturated carbocycles. The lowest BCUT2D eigenvalue weighted by atomic mass is 9.99. The van der Waals surface area contributed by atoms with Gasteiger partial charge in [-0.25, -0.2) is 0 Å². The van der Waals surface area contributed by atoms with E-state index in [1.54, 1.807) is 0 Å². The zero-order chi connectivity index (χ0) is 9.47. The molecule has 0 bridgehead atoms. The highest BCUT2D eigenvalue weighted by Crippen LogP contribution is 2.44. The van der Waals surface area contributed by atoms with E-state index in [-0.39, 0.29) is 5.41 Å². The second kappa shape index (κ2) is 3.25. The van der Waals surface area contributed by atoms with Gasteiger partial charge >= 0.3 is 0 Å². The van der Waals surface area contributed by atoms with Gasteiger partial charge < -0.3 is 9.47 Å². The first-order chi connectivity index (χ1) is 6.08. The summed E-state index contributed by atoms with van der Waals surface area (Å²) >= 11 is 0. The van der Waals surface area contributed by atoms with Crippen LogP contribution in [0.2, 0.25) is 0 Å². The summed E-state index contributed by atoms with van der Waals surface area (Å²) in [4.78, 5) is 0. The molecule has 1 saturated heterocycles. The van der Waals surface area contributed by atoms with Gasteiger partial charge in [0.2, 0.25) is 0 Å². The van der Waals surface area contributed by atoms with E-state index < -0.39 is 0 Å². The normalized spacial score (nSPS) is 38.5. The molecule has 13 heavy (non-hydrogen) atoms. The predicted octanol–water partition coefficient (Wildman–Crippen LogP) is 2.23. The Kier molecular flexibility index (Phi) is 2.37. The number of hydrogen-bond donors (Lipinski definition) is 0. The lowest BCUT2D eigenvalue weighted by Crippen LogP contribution is -2.17. The minimum Gasteiger partial charge on any atom is -0.375 e. The molecule has 0 aromatic heterocycles. The van der Waals surface area contributed by atoms with Gasteiger partial charge in [0.1, 0.15) is 0 Å². The molecular weight excluding hydrogens is 164 g/mol. The van der Waals surface area contributed by atoms with Crippen LogP contribution in [-0.2, 0) is 9.47 Å². The Morgan fingerprint density at radius 3 is 2.69 bits per heavy atom. The molecule has 3 atom stereocenters. The van der Waals surface area contributed by atoms with Crippen molar-refractivity contribution >= 4 is 0 Å². The molecule has 1 aliphatic heterocycles. The van der Waals surface area contributed by atoms with E-state index in [4.69, 9.17) is 9.47 Å². The zero-order valence-corrected chi connectivity index (χ0v) is 8.88. The SMILES string of the molecule is CC(C)(C)COC1C2CCCOC21. The molecule has 0 spiro atoms. The van der Waals surface area contributed by atoms with Crippen molar-refractivity contribution in [1.82, 2.24) is 0 Å². The molecule has 0 N–H and O–H groups in total. The predicted molar refractivity (Wildman–Crippen MR) is 51.7 cm³/mol. The van der Waals surface area contributed by atoms with E-state index in [9.17, 15) is 0 Å². The van der Waals surface area contributed by atoms with Crippen molar-refractivity contribution in [1.29, 1.82) is 0 Å². The lowest BCUT2D eigenvalue weighted by molar-refractivity contribution is 0.0155. The van der Waals surface area contributed by atoms with Gasteiger partial charge in [0.15, 0.2) is 0 Å². The summed E-state index contributed by atoms with van der Waals surface area (Å²) < 4.78 is 11.4. The van der Waals surface area contributed by atoms with E-state index in [0.29, 0.717) is 12.2 Å². The monoisotopic (exact) mass is 184 g/mol. The van der Waals surface area contributed by atoms with Gasteiger partial charge in [-0.1, -0.05) is 20.8 Å². The summed E-state index contributed by atoms with van der Waals surface area (Å²) in [7, 11) is 0. The third-order valence-electron chi connectivity index (χ3n) is 2.73. The van der Waals surface area contributed by atoms with Crippen LogP contribution in [-0.4, -0.2) is 25.4 Å². The van der Waals surface area contributed by atoms with E-state index in [2.05, 4.69) is 20.8 Å². The molecule has 2 fully saturated rings. The average molecular weight is 184 g/mol. The molecule has 0 amide bonds.